The fourth-order valence-corrected chi connectivity index (χ4v) is 3.44. The average Bonchev–Trinajstić information content (AvgIpc) is 3.19. The van der Waals surface area contributed by atoms with Crippen LogP contribution < -0.4 is 0 Å². The van der Waals surface area contributed by atoms with Crippen molar-refractivity contribution in [1.29, 1.82) is 0 Å². The van der Waals surface area contributed by atoms with Crippen molar-refractivity contribution in [3.05, 3.63) is 69.7 Å². The Balaban J connectivity index is 1.78. The zero-order valence-corrected chi connectivity index (χ0v) is 15.0. The van der Waals surface area contributed by atoms with E-state index in [4.69, 9.17) is 0 Å². The number of nitrogens with zero attached hydrogens (tertiary/aromatic N) is 3. The number of para-hydroxylation sites is 1. The van der Waals surface area contributed by atoms with Crippen LogP contribution in [0.1, 0.15) is 21.8 Å². The molecule has 0 atom stereocenters. The molecule has 0 saturated heterocycles. The molecule has 24 heavy (non-hydrogen) atoms. The molecule has 2 aromatic heterocycles. The second kappa shape index (κ2) is 7.01. The van der Waals surface area contributed by atoms with Gasteiger partial charge in [0.2, 0.25) is 5.91 Å². The summed E-state index contributed by atoms with van der Waals surface area (Å²) in [4.78, 5) is 15.3. The minimum Gasteiger partial charge on any atom is -0.341 e. The minimum absolute atomic E-state index is 0.128. The number of benzene rings is 1. The highest BCUT2D eigenvalue weighted by Gasteiger charge is 2.17. The number of thiophene rings is 1. The Labute approximate surface area is 146 Å². The van der Waals surface area contributed by atoms with Crippen molar-refractivity contribution in [3.63, 3.8) is 0 Å². The van der Waals surface area contributed by atoms with Crippen LogP contribution >= 0.6 is 11.3 Å². The first-order chi connectivity index (χ1) is 11.6. The minimum atomic E-state index is 0.128. The summed E-state index contributed by atoms with van der Waals surface area (Å²) in [6, 6.07) is 14.0. The van der Waals surface area contributed by atoms with Crippen molar-refractivity contribution in [3.8, 4) is 5.69 Å². The number of amides is 1. The molecular weight excluding hydrogens is 318 g/mol. The first-order valence-corrected chi connectivity index (χ1v) is 8.81. The highest BCUT2D eigenvalue weighted by molar-refractivity contribution is 7.10. The summed E-state index contributed by atoms with van der Waals surface area (Å²) in [5, 5.41) is 6.65. The maximum atomic E-state index is 12.4. The van der Waals surface area contributed by atoms with Crippen molar-refractivity contribution in [2.45, 2.75) is 26.8 Å². The Kier molecular flexibility index (Phi) is 4.81. The van der Waals surface area contributed by atoms with Crippen LogP contribution in [0.5, 0.6) is 0 Å². The summed E-state index contributed by atoms with van der Waals surface area (Å²) in [6.07, 6.45) is 0.457. The molecule has 0 fully saturated rings. The largest absolute Gasteiger partial charge is 0.341 e. The van der Waals surface area contributed by atoms with Crippen molar-refractivity contribution in [2.75, 3.05) is 7.05 Å². The molecule has 0 saturated carbocycles. The van der Waals surface area contributed by atoms with Crippen molar-refractivity contribution in [1.82, 2.24) is 14.7 Å². The molecule has 0 unspecified atom stereocenters. The second-order valence-corrected chi connectivity index (χ2v) is 6.93. The third kappa shape index (κ3) is 3.41. The number of carbonyl (C=O) groups is 1. The lowest BCUT2D eigenvalue weighted by Crippen LogP contribution is -2.28. The molecule has 0 N–H and O–H groups in total. The van der Waals surface area contributed by atoms with Crippen LogP contribution in [0.15, 0.2) is 47.8 Å². The Morgan fingerprint density at radius 2 is 1.92 bits per heavy atom. The van der Waals surface area contributed by atoms with Crippen LogP contribution in [-0.2, 0) is 17.8 Å². The molecule has 5 heteroatoms. The summed E-state index contributed by atoms with van der Waals surface area (Å²) in [5.74, 6) is 0.128. The van der Waals surface area contributed by atoms with Gasteiger partial charge < -0.3 is 4.90 Å². The monoisotopic (exact) mass is 339 g/mol. The van der Waals surface area contributed by atoms with Crippen LogP contribution in [0.25, 0.3) is 5.69 Å². The highest BCUT2D eigenvalue weighted by atomic mass is 32.1. The van der Waals surface area contributed by atoms with E-state index in [0.717, 1.165) is 27.5 Å². The number of aromatic nitrogens is 2. The standard InChI is InChI=1S/C19H21N3OS/c1-14-18(13-21(3)19(23)12-17-10-7-11-24-17)15(2)22(20-14)16-8-5-4-6-9-16/h4-11H,12-13H2,1-3H3. The predicted molar refractivity (Wildman–Crippen MR) is 97.5 cm³/mol. The quantitative estimate of drug-likeness (QED) is 0.710. The fraction of sp³-hybridized carbons (Fsp3) is 0.263. The number of carbonyl (C=O) groups excluding carboxylic acids is 1. The molecular formula is C19H21N3OS. The topological polar surface area (TPSA) is 38.1 Å². The van der Waals surface area contributed by atoms with Crippen LogP contribution in [0.3, 0.4) is 0 Å². The summed E-state index contributed by atoms with van der Waals surface area (Å²) in [5.41, 5.74) is 4.19. The third-order valence-corrected chi connectivity index (χ3v) is 5.04. The van der Waals surface area contributed by atoms with Crippen molar-refractivity contribution < 1.29 is 4.79 Å². The van der Waals surface area contributed by atoms with Gasteiger partial charge in [-0.15, -0.1) is 11.3 Å². The van der Waals surface area contributed by atoms with E-state index in [9.17, 15) is 4.79 Å². The van der Waals surface area contributed by atoms with E-state index >= 15 is 0 Å². The normalized spacial score (nSPS) is 10.8. The summed E-state index contributed by atoms with van der Waals surface area (Å²) < 4.78 is 1.95. The lowest BCUT2D eigenvalue weighted by Gasteiger charge is -2.17. The number of rotatable bonds is 5. The molecule has 0 aliphatic heterocycles. The van der Waals surface area contributed by atoms with Crippen LogP contribution in [-0.4, -0.2) is 27.6 Å². The Hall–Kier alpha value is -2.40. The molecule has 0 aliphatic rings. The lowest BCUT2D eigenvalue weighted by atomic mass is 10.1. The van der Waals surface area contributed by atoms with Crippen molar-refractivity contribution >= 4 is 17.2 Å². The van der Waals surface area contributed by atoms with Gasteiger partial charge in [0.05, 0.1) is 17.8 Å². The highest BCUT2D eigenvalue weighted by Crippen LogP contribution is 2.20. The summed E-state index contributed by atoms with van der Waals surface area (Å²) in [6.45, 7) is 4.63. The van der Waals surface area contributed by atoms with E-state index in [2.05, 4.69) is 12.0 Å². The molecule has 124 valence electrons. The predicted octanol–water partition coefficient (Wildman–Crippen LogP) is 3.75. The third-order valence-electron chi connectivity index (χ3n) is 4.17. The van der Waals surface area contributed by atoms with E-state index in [1.165, 1.54) is 0 Å². The summed E-state index contributed by atoms with van der Waals surface area (Å²) in [7, 11) is 1.86. The zero-order valence-electron chi connectivity index (χ0n) is 14.2. The molecule has 3 rings (SSSR count). The number of hydrogen-bond donors (Lipinski definition) is 0. The Morgan fingerprint density at radius 3 is 2.58 bits per heavy atom. The van der Waals surface area contributed by atoms with E-state index in [1.807, 2.05) is 66.5 Å². The molecule has 3 aromatic rings. The fourth-order valence-electron chi connectivity index (χ4n) is 2.75. The number of likely N-dealkylation sites (N-methyl/N-ethyl adjacent to an activating group) is 1. The van der Waals surface area contributed by atoms with Gasteiger partial charge in [-0.05, 0) is 37.4 Å². The van der Waals surface area contributed by atoms with Crippen LogP contribution in [0, 0.1) is 13.8 Å². The van der Waals surface area contributed by atoms with Gasteiger partial charge in [-0.3, -0.25) is 4.79 Å². The van der Waals surface area contributed by atoms with Crippen LogP contribution in [0.4, 0.5) is 0 Å². The zero-order chi connectivity index (χ0) is 17.1. The first-order valence-electron chi connectivity index (χ1n) is 7.93. The molecule has 2 heterocycles. The van der Waals surface area contributed by atoms with E-state index < -0.39 is 0 Å². The van der Waals surface area contributed by atoms with Gasteiger partial charge in [0.25, 0.3) is 0 Å². The van der Waals surface area contributed by atoms with Crippen LogP contribution in [0.2, 0.25) is 0 Å². The molecule has 0 radical (unpaired) electrons. The molecule has 4 nitrogen and oxygen atoms in total. The molecule has 0 bridgehead atoms. The first kappa shape index (κ1) is 16.5. The molecule has 1 amide bonds. The van der Waals surface area contributed by atoms with Gasteiger partial charge in [-0.1, -0.05) is 24.3 Å². The van der Waals surface area contributed by atoms with E-state index in [0.29, 0.717) is 13.0 Å². The maximum absolute atomic E-state index is 12.4. The van der Waals surface area contributed by atoms with Gasteiger partial charge in [-0.2, -0.15) is 5.10 Å². The van der Waals surface area contributed by atoms with Crippen molar-refractivity contribution in [2.24, 2.45) is 0 Å². The SMILES string of the molecule is Cc1nn(-c2ccccc2)c(C)c1CN(C)C(=O)Cc1cccs1. The smallest absolute Gasteiger partial charge is 0.227 e. The van der Waals surface area contributed by atoms with E-state index in [-0.39, 0.29) is 5.91 Å². The second-order valence-electron chi connectivity index (χ2n) is 5.90. The molecule has 0 aliphatic carbocycles. The van der Waals surface area contributed by atoms with Gasteiger partial charge in [0, 0.05) is 29.7 Å². The van der Waals surface area contributed by atoms with Gasteiger partial charge >= 0.3 is 0 Å². The molecule has 0 spiro atoms. The Morgan fingerprint density at radius 1 is 1.17 bits per heavy atom. The van der Waals surface area contributed by atoms with E-state index in [1.54, 1.807) is 16.2 Å². The van der Waals surface area contributed by atoms with Gasteiger partial charge in [-0.25, -0.2) is 4.68 Å². The average molecular weight is 339 g/mol. The van der Waals surface area contributed by atoms with Gasteiger partial charge in [0.1, 0.15) is 0 Å². The lowest BCUT2D eigenvalue weighted by molar-refractivity contribution is -0.129. The Bertz CT molecular complexity index is 822. The molecule has 1 aromatic carbocycles. The number of aryl methyl sites for hydroxylation is 1. The summed E-state index contributed by atoms with van der Waals surface area (Å²) >= 11 is 1.62. The number of hydrogen-bond acceptors (Lipinski definition) is 3. The maximum Gasteiger partial charge on any atom is 0.227 e. The van der Waals surface area contributed by atoms with Gasteiger partial charge in [0.15, 0.2) is 0 Å².